The minimum Gasteiger partial charge on any atom is -0.353 e. The molecule has 0 spiro atoms. The van der Waals surface area contributed by atoms with Crippen LogP contribution in [-0.2, 0) is 14.8 Å². The van der Waals surface area contributed by atoms with Crippen molar-refractivity contribution in [3.8, 4) is 0 Å². The van der Waals surface area contributed by atoms with Gasteiger partial charge in [-0.3, -0.25) is 9.69 Å². The number of likely N-dealkylation sites (N-methyl/N-ethyl adjacent to an activating group) is 2. The molecule has 154 valence electrons. The van der Waals surface area contributed by atoms with E-state index in [2.05, 4.69) is 24.1 Å². The van der Waals surface area contributed by atoms with Gasteiger partial charge >= 0.3 is 0 Å². The molecule has 2 aromatic rings. The maximum atomic E-state index is 12.5. The molecule has 1 aromatic heterocycles. The van der Waals surface area contributed by atoms with Gasteiger partial charge in [0.15, 0.2) is 0 Å². The van der Waals surface area contributed by atoms with Crippen molar-refractivity contribution >= 4 is 38.9 Å². The molecule has 0 saturated heterocycles. The number of amides is 1. The van der Waals surface area contributed by atoms with Crippen LogP contribution in [0.4, 0.5) is 0 Å². The number of thiophene rings is 1. The zero-order valence-corrected chi connectivity index (χ0v) is 18.6. The first-order valence-electron chi connectivity index (χ1n) is 9.07. The van der Waals surface area contributed by atoms with Crippen molar-refractivity contribution in [2.45, 2.75) is 24.1 Å². The molecule has 1 aromatic carbocycles. The van der Waals surface area contributed by atoms with Gasteiger partial charge in [-0.25, -0.2) is 8.42 Å². The van der Waals surface area contributed by atoms with Crippen molar-refractivity contribution < 1.29 is 13.2 Å². The van der Waals surface area contributed by atoms with E-state index < -0.39 is 10.0 Å². The fourth-order valence-electron chi connectivity index (χ4n) is 2.94. The normalized spacial score (nSPS) is 13.1. The molecule has 0 aliphatic carbocycles. The Balaban J connectivity index is 2.02. The summed E-state index contributed by atoms with van der Waals surface area (Å²) in [5.74, 6) is -0.346. The van der Waals surface area contributed by atoms with E-state index in [1.165, 1.54) is 19.2 Å². The Morgan fingerprint density at radius 2 is 1.79 bits per heavy atom. The van der Waals surface area contributed by atoms with Crippen LogP contribution in [0.25, 0.3) is 0 Å². The van der Waals surface area contributed by atoms with Gasteiger partial charge < -0.3 is 5.32 Å². The smallest absolute Gasteiger partial charge is 0.252 e. The van der Waals surface area contributed by atoms with Crippen molar-refractivity contribution in [3.63, 3.8) is 0 Å². The van der Waals surface area contributed by atoms with Crippen molar-refractivity contribution in [2.75, 3.05) is 33.2 Å². The molecule has 1 N–H and O–H groups in total. The Hall–Kier alpha value is -1.45. The predicted molar refractivity (Wildman–Crippen MR) is 114 cm³/mol. The van der Waals surface area contributed by atoms with Gasteiger partial charge in [0.2, 0.25) is 5.91 Å². The van der Waals surface area contributed by atoms with Crippen LogP contribution >= 0.6 is 22.9 Å². The summed E-state index contributed by atoms with van der Waals surface area (Å²) >= 11 is 6.80. The van der Waals surface area contributed by atoms with E-state index in [9.17, 15) is 13.2 Å². The highest BCUT2D eigenvalue weighted by atomic mass is 35.5. The number of nitrogens with zero attached hydrogens (tertiary/aromatic N) is 2. The van der Waals surface area contributed by atoms with Crippen molar-refractivity contribution in [1.82, 2.24) is 14.5 Å². The van der Waals surface area contributed by atoms with Crippen molar-refractivity contribution in [2.24, 2.45) is 0 Å². The third-order valence-electron chi connectivity index (χ3n) is 4.51. The molecule has 0 radical (unpaired) electrons. The molecule has 1 atom stereocenters. The number of sulfonamides is 1. The van der Waals surface area contributed by atoms with Crippen LogP contribution in [0, 0.1) is 0 Å². The molecule has 0 bridgehead atoms. The van der Waals surface area contributed by atoms with Crippen LogP contribution in [0.1, 0.15) is 25.5 Å². The molecule has 28 heavy (non-hydrogen) atoms. The number of halogens is 1. The van der Waals surface area contributed by atoms with E-state index in [0.717, 1.165) is 34.3 Å². The highest BCUT2D eigenvalue weighted by molar-refractivity contribution is 7.91. The molecule has 1 unspecified atom stereocenters. The van der Waals surface area contributed by atoms with E-state index in [0.29, 0.717) is 10.9 Å². The first-order chi connectivity index (χ1) is 13.3. The van der Waals surface area contributed by atoms with Gasteiger partial charge in [-0.15, -0.1) is 11.3 Å². The first-order valence-corrected chi connectivity index (χ1v) is 11.7. The topological polar surface area (TPSA) is 69.7 Å². The van der Waals surface area contributed by atoms with Crippen molar-refractivity contribution in [1.29, 1.82) is 0 Å². The van der Waals surface area contributed by atoms with Crippen LogP contribution in [0.15, 0.2) is 46.7 Å². The molecule has 2 rings (SSSR count). The fraction of sp³-hybridized carbons (Fsp3) is 0.421. The van der Waals surface area contributed by atoms with E-state index in [1.807, 2.05) is 30.3 Å². The largest absolute Gasteiger partial charge is 0.353 e. The standard InChI is InChI=1S/C19H26ClN3O3S2/c1-4-23(5-2)16(15-9-7-6-8-10-15)13-21-18(24)14-22(3)28(25,26)19-12-11-17(20)27-19/h6-12,16H,4-5,13-14H2,1-3H3,(H,21,24). The Morgan fingerprint density at radius 1 is 1.14 bits per heavy atom. The Kier molecular flexibility index (Phi) is 8.45. The third kappa shape index (κ3) is 5.78. The van der Waals surface area contributed by atoms with Gasteiger partial charge in [0, 0.05) is 13.6 Å². The summed E-state index contributed by atoms with van der Waals surface area (Å²) in [6, 6.07) is 13.0. The quantitative estimate of drug-likeness (QED) is 0.612. The highest BCUT2D eigenvalue weighted by Gasteiger charge is 2.25. The Bertz CT molecular complexity index is 868. The number of benzene rings is 1. The molecule has 0 saturated carbocycles. The average Bonchev–Trinajstić information content (AvgIpc) is 3.13. The summed E-state index contributed by atoms with van der Waals surface area (Å²) in [4.78, 5) is 14.7. The Labute approximate surface area is 176 Å². The molecule has 6 nitrogen and oxygen atoms in total. The van der Waals surface area contributed by atoms with E-state index in [4.69, 9.17) is 11.6 Å². The average molecular weight is 444 g/mol. The third-order valence-corrected chi connectivity index (χ3v) is 8.01. The number of rotatable bonds is 10. The van der Waals surface area contributed by atoms with Crippen LogP contribution < -0.4 is 5.32 Å². The summed E-state index contributed by atoms with van der Waals surface area (Å²) in [7, 11) is -2.34. The van der Waals surface area contributed by atoms with E-state index in [1.54, 1.807) is 0 Å². The molecule has 9 heteroatoms. The zero-order chi connectivity index (χ0) is 20.7. The van der Waals surface area contributed by atoms with Crippen LogP contribution in [0.2, 0.25) is 4.34 Å². The van der Waals surface area contributed by atoms with Gasteiger partial charge in [-0.05, 0) is 30.8 Å². The molecular formula is C19H26ClN3O3S2. The van der Waals surface area contributed by atoms with E-state index >= 15 is 0 Å². The molecule has 1 heterocycles. The lowest BCUT2D eigenvalue weighted by atomic mass is 10.1. The minimum absolute atomic E-state index is 0.0261. The lowest BCUT2D eigenvalue weighted by molar-refractivity contribution is -0.121. The second-order valence-electron chi connectivity index (χ2n) is 6.27. The fourth-order valence-corrected chi connectivity index (χ4v) is 5.76. The molecule has 0 aliphatic heterocycles. The van der Waals surface area contributed by atoms with Gasteiger partial charge in [-0.2, -0.15) is 4.31 Å². The maximum Gasteiger partial charge on any atom is 0.252 e. The maximum absolute atomic E-state index is 12.5. The second kappa shape index (κ2) is 10.4. The number of nitrogens with one attached hydrogen (secondary N) is 1. The number of hydrogen-bond donors (Lipinski definition) is 1. The summed E-state index contributed by atoms with van der Waals surface area (Å²) in [6.07, 6.45) is 0. The molecule has 0 aliphatic rings. The molecular weight excluding hydrogens is 418 g/mol. The van der Waals surface area contributed by atoms with Gasteiger partial charge in [-0.1, -0.05) is 55.8 Å². The van der Waals surface area contributed by atoms with Gasteiger partial charge in [0.25, 0.3) is 10.0 Å². The lowest BCUT2D eigenvalue weighted by Gasteiger charge is -2.30. The SMILES string of the molecule is CCN(CC)C(CNC(=O)CN(C)S(=O)(=O)c1ccc(Cl)s1)c1ccccc1. The van der Waals surface area contributed by atoms with E-state index in [-0.39, 0.29) is 22.7 Å². The van der Waals surface area contributed by atoms with Crippen LogP contribution in [0.3, 0.4) is 0 Å². The van der Waals surface area contributed by atoms with Gasteiger partial charge in [0.05, 0.1) is 16.9 Å². The summed E-state index contributed by atoms with van der Waals surface area (Å²) in [5, 5.41) is 2.88. The lowest BCUT2D eigenvalue weighted by Crippen LogP contribution is -2.42. The zero-order valence-electron chi connectivity index (χ0n) is 16.3. The number of carbonyl (C=O) groups is 1. The monoisotopic (exact) mass is 443 g/mol. The first kappa shape index (κ1) is 22.8. The summed E-state index contributed by atoms with van der Waals surface area (Å²) in [5.41, 5.74) is 1.11. The van der Waals surface area contributed by atoms with Crippen LogP contribution in [0.5, 0.6) is 0 Å². The summed E-state index contributed by atoms with van der Waals surface area (Å²) in [6.45, 7) is 6.00. The molecule has 1 amide bonds. The Morgan fingerprint density at radius 3 is 2.32 bits per heavy atom. The van der Waals surface area contributed by atoms with Crippen LogP contribution in [-0.4, -0.2) is 56.8 Å². The summed E-state index contributed by atoms with van der Waals surface area (Å²) < 4.78 is 26.6. The number of carbonyl (C=O) groups excluding carboxylic acids is 1. The van der Waals surface area contributed by atoms with Crippen molar-refractivity contribution in [3.05, 3.63) is 52.4 Å². The highest BCUT2D eigenvalue weighted by Crippen LogP contribution is 2.27. The number of hydrogen-bond acceptors (Lipinski definition) is 5. The minimum atomic E-state index is -3.73. The second-order valence-corrected chi connectivity index (χ2v) is 10.3. The predicted octanol–water partition coefficient (Wildman–Crippen LogP) is 3.22. The molecule has 0 fully saturated rings. The van der Waals surface area contributed by atoms with Gasteiger partial charge in [0.1, 0.15) is 4.21 Å².